The van der Waals surface area contributed by atoms with Crippen LogP contribution in [0.15, 0.2) is 36.5 Å². The van der Waals surface area contributed by atoms with Crippen LogP contribution >= 0.6 is 12.2 Å². The molecule has 1 aliphatic rings. The molecule has 0 bridgehead atoms. The van der Waals surface area contributed by atoms with Gasteiger partial charge in [0.25, 0.3) is 0 Å². The Balaban J connectivity index is 1.34. The summed E-state index contributed by atoms with van der Waals surface area (Å²) in [5.41, 5.74) is 6.75. The lowest BCUT2D eigenvalue weighted by Crippen LogP contribution is -2.49. The van der Waals surface area contributed by atoms with Crippen LogP contribution in [0.3, 0.4) is 0 Å². The molecular weight excluding hydrogens is 406 g/mol. The first-order valence-corrected chi connectivity index (χ1v) is 11.2. The summed E-state index contributed by atoms with van der Waals surface area (Å²) in [6.45, 7) is 11.7. The molecule has 0 saturated carbocycles. The molecule has 3 heterocycles. The number of benzene rings is 1. The molecular formula is C23H31N7S. The van der Waals surface area contributed by atoms with E-state index in [2.05, 4.69) is 64.5 Å². The van der Waals surface area contributed by atoms with Gasteiger partial charge in [-0.15, -0.1) is 0 Å². The van der Waals surface area contributed by atoms with Crippen molar-refractivity contribution in [1.29, 1.82) is 0 Å². The average Bonchev–Trinajstić information content (AvgIpc) is 3.21. The molecule has 0 amide bonds. The lowest BCUT2D eigenvalue weighted by atomic mass is 10.2. The fourth-order valence-corrected chi connectivity index (χ4v) is 4.41. The Kier molecular flexibility index (Phi) is 6.38. The van der Waals surface area contributed by atoms with Gasteiger partial charge in [0, 0.05) is 51.5 Å². The molecule has 1 saturated heterocycles. The zero-order valence-corrected chi connectivity index (χ0v) is 19.6. The molecule has 0 radical (unpaired) electrons. The number of rotatable bonds is 5. The predicted octanol–water partition coefficient (Wildman–Crippen LogP) is 3.10. The maximum Gasteiger partial charge on any atom is 0.173 e. The van der Waals surface area contributed by atoms with Crippen LogP contribution in [-0.2, 0) is 20.1 Å². The summed E-state index contributed by atoms with van der Waals surface area (Å²) >= 11 is 5.75. The van der Waals surface area contributed by atoms with E-state index in [1.807, 2.05) is 29.4 Å². The second-order valence-electron chi connectivity index (χ2n) is 8.30. The number of aromatic nitrogens is 4. The molecule has 1 aliphatic heterocycles. The van der Waals surface area contributed by atoms with Crippen molar-refractivity contribution >= 4 is 23.0 Å². The third-order valence-electron chi connectivity index (χ3n) is 5.96. The third-order valence-corrected chi connectivity index (χ3v) is 6.32. The van der Waals surface area contributed by atoms with E-state index in [0.717, 1.165) is 67.2 Å². The van der Waals surface area contributed by atoms with E-state index in [1.54, 1.807) is 0 Å². The number of thiocarbonyl (C=S) groups is 1. The molecule has 4 rings (SSSR count). The molecule has 1 N–H and O–H groups in total. The van der Waals surface area contributed by atoms with E-state index in [9.17, 15) is 0 Å². The van der Waals surface area contributed by atoms with E-state index < -0.39 is 0 Å². The summed E-state index contributed by atoms with van der Waals surface area (Å²) in [4.78, 5) is 4.73. The Morgan fingerprint density at radius 1 is 0.968 bits per heavy atom. The lowest BCUT2D eigenvalue weighted by Gasteiger charge is -2.36. The standard InChI is InChI=1S/C23H31N7S/c1-17-21(15-27(4)25-17)16-28-10-12-29(13-11-28)23(31)24-22-18(2)26-30(19(22)3)14-20-8-6-5-7-9-20/h5-9,15H,10-14,16H2,1-4H3,(H,24,31). The second-order valence-corrected chi connectivity index (χ2v) is 8.68. The predicted molar refractivity (Wildman–Crippen MR) is 128 cm³/mol. The molecule has 2 aromatic heterocycles. The maximum absolute atomic E-state index is 5.75. The number of aryl methyl sites for hydroxylation is 3. The first-order valence-electron chi connectivity index (χ1n) is 10.8. The van der Waals surface area contributed by atoms with Crippen molar-refractivity contribution in [2.75, 3.05) is 31.5 Å². The highest BCUT2D eigenvalue weighted by Gasteiger charge is 2.22. The van der Waals surface area contributed by atoms with E-state index >= 15 is 0 Å². The van der Waals surface area contributed by atoms with Gasteiger partial charge >= 0.3 is 0 Å². The van der Waals surface area contributed by atoms with Crippen LogP contribution in [0.1, 0.15) is 28.2 Å². The Labute approximate surface area is 189 Å². The van der Waals surface area contributed by atoms with E-state index in [-0.39, 0.29) is 0 Å². The normalized spacial score (nSPS) is 14.8. The maximum atomic E-state index is 5.75. The van der Waals surface area contributed by atoms with Crippen molar-refractivity contribution in [1.82, 2.24) is 29.4 Å². The van der Waals surface area contributed by atoms with Crippen LogP contribution in [0.5, 0.6) is 0 Å². The Morgan fingerprint density at radius 3 is 2.32 bits per heavy atom. The van der Waals surface area contributed by atoms with Crippen LogP contribution in [0.4, 0.5) is 5.69 Å². The number of nitrogens with zero attached hydrogens (tertiary/aromatic N) is 6. The molecule has 0 spiro atoms. The van der Waals surface area contributed by atoms with Crippen LogP contribution in [-0.4, -0.2) is 60.7 Å². The van der Waals surface area contributed by atoms with Gasteiger partial charge in [0.2, 0.25) is 0 Å². The number of hydrogen-bond acceptors (Lipinski definition) is 4. The molecule has 1 aromatic carbocycles. The van der Waals surface area contributed by atoms with Gasteiger partial charge < -0.3 is 10.2 Å². The third kappa shape index (κ3) is 4.97. The van der Waals surface area contributed by atoms with Gasteiger partial charge in [0.1, 0.15) is 0 Å². The molecule has 8 heteroatoms. The van der Waals surface area contributed by atoms with Gasteiger partial charge in [-0.1, -0.05) is 30.3 Å². The highest BCUT2D eigenvalue weighted by atomic mass is 32.1. The lowest BCUT2D eigenvalue weighted by molar-refractivity contribution is 0.176. The zero-order chi connectivity index (χ0) is 22.0. The smallest absolute Gasteiger partial charge is 0.173 e. The first-order chi connectivity index (χ1) is 14.9. The first kappa shape index (κ1) is 21.5. The second kappa shape index (κ2) is 9.20. The summed E-state index contributed by atoms with van der Waals surface area (Å²) in [6, 6.07) is 10.4. The van der Waals surface area contributed by atoms with E-state index in [4.69, 9.17) is 17.3 Å². The number of anilines is 1. The summed E-state index contributed by atoms with van der Waals surface area (Å²) in [5.74, 6) is 0. The van der Waals surface area contributed by atoms with E-state index in [1.165, 1.54) is 11.1 Å². The number of hydrogen-bond donors (Lipinski definition) is 1. The zero-order valence-electron chi connectivity index (χ0n) is 18.8. The minimum Gasteiger partial charge on any atom is -0.346 e. The topological polar surface area (TPSA) is 54.2 Å². The summed E-state index contributed by atoms with van der Waals surface area (Å²) in [5, 5.41) is 13.4. The molecule has 0 atom stereocenters. The fourth-order valence-electron chi connectivity index (χ4n) is 4.13. The summed E-state index contributed by atoms with van der Waals surface area (Å²) in [7, 11) is 1.98. The summed E-state index contributed by atoms with van der Waals surface area (Å²) in [6.07, 6.45) is 2.12. The van der Waals surface area contributed by atoms with Crippen molar-refractivity contribution in [3.05, 3.63) is 64.7 Å². The largest absolute Gasteiger partial charge is 0.346 e. The van der Waals surface area contributed by atoms with Gasteiger partial charge in [0.05, 0.1) is 29.3 Å². The summed E-state index contributed by atoms with van der Waals surface area (Å²) < 4.78 is 3.94. The van der Waals surface area contributed by atoms with Crippen molar-refractivity contribution in [2.24, 2.45) is 7.05 Å². The fraction of sp³-hybridized carbons (Fsp3) is 0.435. The van der Waals surface area contributed by atoms with Gasteiger partial charge in [-0.25, -0.2) is 0 Å². The molecule has 0 aliphatic carbocycles. The van der Waals surface area contributed by atoms with Crippen LogP contribution in [0.2, 0.25) is 0 Å². The van der Waals surface area contributed by atoms with Gasteiger partial charge in [0.15, 0.2) is 5.11 Å². The quantitative estimate of drug-likeness (QED) is 0.619. The van der Waals surface area contributed by atoms with Crippen LogP contribution in [0, 0.1) is 20.8 Å². The van der Waals surface area contributed by atoms with Crippen molar-refractivity contribution in [2.45, 2.75) is 33.9 Å². The number of piperazine rings is 1. The Bertz CT molecular complexity index is 1050. The van der Waals surface area contributed by atoms with Crippen molar-refractivity contribution < 1.29 is 0 Å². The monoisotopic (exact) mass is 437 g/mol. The highest BCUT2D eigenvalue weighted by molar-refractivity contribution is 7.80. The molecule has 31 heavy (non-hydrogen) atoms. The van der Waals surface area contributed by atoms with Gasteiger partial charge in [-0.2, -0.15) is 10.2 Å². The Morgan fingerprint density at radius 2 is 1.68 bits per heavy atom. The molecule has 164 valence electrons. The molecule has 1 fully saturated rings. The molecule has 7 nitrogen and oxygen atoms in total. The average molecular weight is 438 g/mol. The van der Waals surface area contributed by atoms with Gasteiger partial charge in [-0.05, 0) is 38.6 Å². The molecule has 3 aromatic rings. The van der Waals surface area contributed by atoms with Gasteiger partial charge in [-0.3, -0.25) is 14.3 Å². The van der Waals surface area contributed by atoms with Crippen molar-refractivity contribution in [3.63, 3.8) is 0 Å². The minimum absolute atomic E-state index is 0.758. The van der Waals surface area contributed by atoms with E-state index in [0.29, 0.717) is 0 Å². The number of nitrogens with one attached hydrogen (secondary N) is 1. The van der Waals surface area contributed by atoms with Crippen LogP contribution < -0.4 is 5.32 Å². The Hall–Kier alpha value is -2.71. The molecule has 0 unspecified atom stereocenters. The minimum atomic E-state index is 0.758. The highest BCUT2D eigenvalue weighted by Crippen LogP contribution is 2.21. The van der Waals surface area contributed by atoms with Crippen molar-refractivity contribution in [3.8, 4) is 0 Å². The van der Waals surface area contributed by atoms with Crippen LogP contribution in [0.25, 0.3) is 0 Å². The SMILES string of the molecule is Cc1nn(C)cc1CN1CCN(C(=S)Nc2c(C)nn(Cc3ccccc3)c2C)CC1.